The number of carbonyl (C=O) groups excluding carboxylic acids is 1. The summed E-state index contributed by atoms with van der Waals surface area (Å²) in [4.78, 5) is 23.4. The molecule has 5 rings (SSSR count). The van der Waals surface area contributed by atoms with Gasteiger partial charge in [0.1, 0.15) is 23.9 Å². The van der Waals surface area contributed by atoms with Gasteiger partial charge < -0.3 is 19.9 Å². The predicted molar refractivity (Wildman–Crippen MR) is 181 cm³/mol. The van der Waals surface area contributed by atoms with Crippen LogP contribution in [0, 0.1) is 26.6 Å². The highest BCUT2D eigenvalue weighted by molar-refractivity contribution is 5.94. The molecule has 4 aromatic carbocycles. The molecule has 4 atom stereocenters. The minimum absolute atomic E-state index is 0.00840. The number of ether oxygens (including phenoxy) is 2. The monoisotopic (exact) mass is 692 g/mol. The number of amides is 1. The molecule has 2 unspecified atom stereocenters. The van der Waals surface area contributed by atoms with Gasteiger partial charge in [0, 0.05) is 29.6 Å². The van der Waals surface area contributed by atoms with Gasteiger partial charge in [-0.3, -0.25) is 14.9 Å². The normalized spacial score (nSPS) is 16.8. The first-order chi connectivity index (χ1) is 23.7. The smallest absolute Gasteiger partial charge is 0.481 e. The summed E-state index contributed by atoms with van der Waals surface area (Å²) >= 11 is 0. The molecule has 1 aliphatic rings. The van der Waals surface area contributed by atoms with Crippen LogP contribution in [0.5, 0.6) is 5.75 Å². The summed E-state index contributed by atoms with van der Waals surface area (Å²) in [5.74, 6) is -2.40. The summed E-state index contributed by atoms with van der Waals surface area (Å²) < 4.78 is 64.5. The molecule has 0 aromatic heterocycles. The highest BCUT2D eigenvalue weighted by Crippen LogP contribution is 2.44. The quantitative estimate of drug-likeness (QED) is 0.0903. The van der Waals surface area contributed by atoms with Gasteiger partial charge in [-0.05, 0) is 90.9 Å². The molecule has 7 nitrogen and oxygen atoms in total. The molecule has 1 aliphatic heterocycles. The third kappa shape index (κ3) is 9.08. The lowest BCUT2D eigenvalue weighted by Crippen LogP contribution is -2.30. The number of aryl methyl sites for hydroxylation is 3. The van der Waals surface area contributed by atoms with Crippen LogP contribution in [0.1, 0.15) is 88.0 Å². The molecule has 0 spiro atoms. The number of nitrogens with one attached hydrogen (secondary N) is 2. The first-order valence-corrected chi connectivity index (χ1v) is 16.5. The fourth-order valence-electron chi connectivity index (χ4n) is 6.63. The zero-order valence-corrected chi connectivity index (χ0v) is 28.2. The molecule has 50 heavy (non-hydrogen) atoms. The number of epoxide rings is 1. The van der Waals surface area contributed by atoms with Gasteiger partial charge >= 0.3 is 12.3 Å². The number of benzene rings is 4. The molecule has 1 heterocycles. The average molecular weight is 693 g/mol. The molecule has 0 radical (unpaired) electrons. The van der Waals surface area contributed by atoms with Crippen LogP contribution in [0.15, 0.2) is 78.9 Å². The van der Waals surface area contributed by atoms with Gasteiger partial charge in [0.25, 0.3) is 5.91 Å². The molecule has 0 bridgehead atoms. The van der Waals surface area contributed by atoms with Crippen LogP contribution >= 0.6 is 0 Å². The van der Waals surface area contributed by atoms with Crippen LogP contribution in [-0.4, -0.2) is 36.1 Å². The number of carboxylic acid groups (broad SMARTS) is 1. The first-order valence-electron chi connectivity index (χ1n) is 16.5. The largest absolute Gasteiger partial charge is 0.573 e. The Balaban J connectivity index is 1.40. The van der Waals surface area contributed by atoms with Gasteiger partial charge in [0.15, 0.2) is 0 Å². The van der Waals surface area contributed by atoms with Crippen LogP contribution in [0.2, 0.25) is 0 Å². The van der Waals surface area contributed by atoms with E-state index in [1.165, 1.54) is 18.2 Å². The van der Waals surface area contributed by atoms with Crippen molar-refractivity contribution >= 4 is 11.9 Å². The number of carbonyl (C=O) groups is 2. The van der Waals surface area contributed by atoms with E-state index in [4.69, 9.17) is 9.84 Å². The lowest BCUT2D eigenvalue weighted by Gasteiger charge is -2.29. The van der Waals surface area contributed by atoms with Gasteiger partial charge in [-0.15, -0.1) is 13.2 Å². The zero-order valence-electron chi connectivity index (χ0n) is 28.2. The number of hydrogen-bond acceptors (Lipinski definition) is 5. The van der Waals surface area contributed by atoms with Crippen LogP contribution < -0.4 is 15.4 Å². The van der Waals surface area contributed by atoms with Crippen molar-refractivity contribution in [2.24, 2.45) is 0 Å². The second-order valence-corrected chi connectivity index (χ2v) is 12.7. The molecule has 11 heteroatoms. The molecule has 1 fully saturated rings. The minimum atomic E-state index is -4.84. The molecular formula is C39H40F4N2O5. The van der Waals surface area contributed by atoms with Gasteiger partial charge in [0.05, 0.1) is 6.42 Å². The summed E-state index contributed by atoms with van der Waals surface area (Å²) in [5.41, 5.74) is 7.28. The van der Waals surface area contributed by atoms with Crippen molar-refractivity contribution in [3.63, 3.8) is 0 Å². The first kappa shape index (κ1) is 36.5. The maximum absolute atomic E-state index is 15.7. The predicted octanol–water partition coefficient (Wildman–Crippen LogP) is 8.83. The third-order valence-electron chi connectivity index (χ3n) is 8.81. The maximum atomic E-state index is 15.7. The molecular weight excluding hydrogens is 652 g/mol. The lowest BCUT2D eigenvalue weighted by atomic mass is 9.83. The van der Waals surface area contributed by atoms with E-state index < -0.39 is 42.4 Å². The number of alkyl halides is 3. The zero-order chi connectivity index (χ0) is 36.2. The van der Waals surface area contributed by atoms with Crippen molar-refractivity contribution in [2.45, 2.75) is 77.6 Å². The fourth-order valence-corrected chi connectivity index (χ4v) is 6.63. The Hall–Kier alpha value is -4.74. The van der Waals surface area contributed by atoms with Crippen molar-refractivity contribution < 1.29 is 41.7 Å². The van der Waals surface area contributed by atoms with Gasteiger partial charge in [-0.25, -0.2) is 4.39 Å². The molecule has 4 aromatic rings. The van der Waals surface area contributed by atoms with Crippen LogP contribution in [-0.2, 0) is 9.53 Å². The summed E-state index contributed by atoms with van der Waals surface area (Å²) in [6.45, 7) is 8.04. The number of hydrogen-bond donors (Lipinski definition) is 3. The number of halogens is 4. The number of aliphatic carboxylic acids is 1. The Labute approximate surface area is 288 Å². The Morgan fingerprint density at radius 3 is 2.14 bits per heavy atom. The highest BCUT2D eigenvalue weighted by Gasteiger charge is 2.44. The fraction of sp³-hybridized carbons (Fsp3) is 0.333. The van der Waals surface area contributed by atoms with E-state index in [0.717, 1.165) is 39.8 Å². The average Bonchev–Trinajstić information content (AvgIpc) is 3.80. The second-order valence-electron chi connectivity index (χ2n) is 12.7. The molecule has 1 amide bonds. The number of carboxylic acids is 1. The maximum Gasteiger partial charge on any atom is 0.573 e. The van der Waals surface area contributed by atoms with Crippen molar-refractivity contribution in [2.75, 3.05) is 6.54 Å². The summed E-state index contributed by atoms with van der Waals surface area (Å²) in [6, 6.07) is 21.3. The van der Waals surface area contributed by atoms with Crippen LogP contribution in [0.4, 0.5) is 17.6 Å². The van der Waals surface area contributed by atoms with Gasteiger partial charge in [0.2, 0.25) is 0 Å². The van der Waals surface area contributed by atoms with E-state index in [1.807, 2.05) is 33.8 Å². The molecule has 264 valence electrons. The highest BCUT2D eigenvalue weighted by atomic mass is 19.4. The Morgan fingerprint density at radius 2 is 1.56 bits per heavy atom. The molecule has 0 saturated carbocycles. The van der Waals surface area contributed by atoms with Crippen LogP contribution in [0.25, 0.3) is 11.1 Å². The summed E-state index contributed by atoms with van der Waals surface area (Å²) in [6.07, 6.45) is -4.77. The van der Waals surface area contributed by atoms with E-state index in [1.54, 1.807) is 42.5 Å². The standard InChI is InChI=1S/C39H40F4N2O5/c1-5-6-30(25-7-9-27(10-8-25)37(48)44-18-17-33(46)47)35(26-11-14-29(15-12-26)50-39(41,42)43)45-38-36(49-38)31-16-13-28(21-32(31)40)34-23(3)19-22(2)20-24(34)4/h7-16,19-21,30,35-36,38,45H,5-6,17-18H2,1-4H3,(H,44,48)(H,46,47)/t30-,35+,36?,38?/m0/s1. The van der Waals surface area contributed by atoms with E-state index in [0.29, 0.717) is 23.1 Å². The lowest BCUT2D eigenvalue weighted by molar-refractivity contribution is -0.274. The SMILES string of the molecule is CCC[C@@H](c1ccc(C(=O)NCCC(=O)O)cc1)[C@H](NC1OC1c1ccc(-c2c(C)cc(C)cc2C)cc1F)c1ccc(OC(F)(F)F)cc1. The number of rotatable bonds is 14. The molecule has 1 saturated heterocycles. The van der Waals surface area contributed by atoms with Gasteiger partial charge in [-0.1, -0.05) is 67.4 Å². The van der Waals surface area contributed by atoms with E-state index >= 15 is 4.39 Å². The Kier molecular flexibility index (Phi) is 11.3. The van der Waals surface area contributed by atoms with Crippen molar-refractivity contribution in [1.29, 1.82) is 0 Å². The Morgan fingerprint density at radius 1 is 0.920 bits per heavy atom. The van der Waals surface area contributed by atoms with Crippen molar-refractivity contribution in [3.05, 3.63) is 124 Å². The van der Waals surface area contributed by atoms with E-state index in [9.17, 15) is 22.8 Å². The topological polar surface area (TPSA) is 100 Å². The Bertz CT molecular complexity index is 1800. The van der Waals surface area contributed by atoms with Gasteiger partial charge in [-0.2, -0.15) is 0 Å². The van der Waals surface area contributed by atoms with E-state index in [-0.39, 0.29) is 24.6 Å². The van der Waals surface area contributed by atoms with Crippen LogP contribution in [0.3, 0.4) is 0 Å². The second kappa shape index (κ2) is 15.4. The minimum Gasteiger partial charge on any atom is -0.481 e. The third-order valence-corrected chi connectivity index (χ3v) is 8.81. The summed E-state index contributed by atoms with van der Waals surface area (Å²) in [7, 11) is 0. The van der Waals surface area contributed by atoms with Crippen molar-refractivity contribution in [1.82, 2.24) is 10.6 Å². The van der Waals surface area contributed by atoms with Crippen molar-refractivity contribution in [3.8, 4) is 16.9 Å². The molecule has 0 aliphatic carbocycles. The summed E-state index contributed by atoms with van der Waals surface area (Å²) in [5, 5.41) is 14.9. The molecule has 3 N–H and O–H groups in total. The van der Waals surface area contributed by atoms with E-state index in [2.05, 4.69) is 27.5 Å².